The van der Waals surface area contributed by atoms with Gasteiger partial charge < -0.3 is 14.6 Å². The molecule has 4 nitrogen and oxygen atoms in total. The Morgan fingerprint density at radius 1 is 1.24 bits per heavy atom. The zero-order valence-corrected chi connectivity index (χ0v) is 11.6. The third-order valence-electron chi connectivity index (χ3n) is 2.67. The van der Waals surface area contributed by atoms with Crippen LogP contribution in [0.5, 0.6) is 5.75 Å². The highest BCUT2D eigenvalue weighted by Crippen LogP contribution is 2.33. The van der Waals surface area contributed by atoms with Crippen LogP contribution in [-0.2, 0) is 10.9 Å². The van der Waals surface area contributed by atoms with Crippen LogP contribution in [0.1, 0.15) is 35.7 Å². The van der Waals surface area contributed by atoms with Gasteiger partial charge in [-0.15, -0.1) is 0 Å². The molecule has 1 aromatic rings. The molecule has 118 valence electrons. The third kappa shape index (κ3) is 5.63. The van der Waals surface area contributed by atoms with E-state index in [2.05, 4.69) is 0 Å². The zero-order chi connectivity index (χ0) is 15.9. The van der Waals surface area contributed by atoms with Gasteiger partial charge in [0.05, 0.1) is 17.7 Å². The van der Waals surface area contributed by atoms with E-state index in [1.807, 2.05) is 6.92 Å². The van der Waals surface area contributed by atoms with Crippen molar-refractivity contribution in [2.24, 2.45) is 0 Å². The topological polar surface area (TPSA) is 55.8 Å². The predicted molar refractivity (Wildman–Crippen MR) is 69.6 cm³/mol. The number of alkyl halides is 3. The summed E-state index contributed by atoms with van der Waals surface area (Å²) in [5, 5.41) is 8.84. The van der Waals surface area contributed by atoms with Crippen LogP contribution in [0.2, 0.25) is 0 Å². The maximum Gasteiger partial charge on any atom is 0.417 e. The summed E-state index contributed by atoms with van der Waals surface area (Å²) in [6, 6.07) is 2.68. The Balaban J connectivity index is 2.65. The van der Waals surface area contributed by atoms with Crippen LogP contribution in [-0.4, -0.2) is 30.9 Å². The Morgan fingerprint density at radius 3 is 2.52 bits per heavy atom. The average Bonchev–Trinajstić information content (AvgIpc) is 2.41. The van der Waals surface area contributed by atoms with Crippen molar-refractivity contribution in [2.75, 3.05) is 19.8 Å². The Labute approximate surface area is 120 Å². The van der Waals surface area contributed by atoms with E-state index in [-0.39, 0.29) is 12.4 Å². The molecule has 1 N–H and O–H groups in total. The number of carboxylic acids is 1. The molecule has 0 amide bonds. The second-order valence-electron chi connectivity index (χ2n) is 4.32. The lowest BCUT2D eigenvalue weighted by molar-refractivity contribution is -0.138. The Bertz CT molecular complexity index is 472. The lowest BCUT2D eigenvalue weighted by Gasteiger charge is -2.12. The highest BCUT2D eigenvalue weighted by molar-refractivity contribution is 5.90. The van der Waals surface area contributed by atoms with Crippen molar-refractivity contribution in [1.29, 1.82) is 0 Å². The summed E-state index contributed by atoms with van der Waals surface area (Å²) < 4.78 is 48.3. The van der Waals surface area contributed by atoms with Gasteiger partial charge in [-0.1, -0.05) is 13.3 Å². The van der Waals surface area contributed by atoms with Crippen LogP contribution in [0, 0.1) is 0 Å². The van der Waals surface area contributed by atoms with Gasteiger partial charge >= 0.3 is 12.1 Å². The largest absolute Gasteiger partial charge is 0.491 e. The van der Waals surface area contributed by atoms with Crippen molar-refractivity contribution in [1.82, 2.24) is 0 Å². The van der Waals surface area contributed by atoms with Gasteiger partial charge in [0.25, 0.3) is 0 Å². The summed E-state index contributed by atoms with van der Waals surface area (Å²) in [5.74, 6) is -1.58. The number of ether oxygens (including phenoxy) is 2. The van der Waals surface area contributed by atoms with Crippen LogP contribution in [0.25, 0.3) is 0 Å². The van der Waals surface area contributed by atoms with E-state index >= 15 is 0 Å². The van der Waals surface area contributed by atoms with E-state index in [1.165, 1.54) is 0 Å². The van der Waals surface area contributed by atoms with E-state index in [0.717, 1.165) is 25.0 Å². The van der Waals surface area contributed by atoms with Gasteiger partial charge in [0.2, 0.25) is 0 Å². The lowest BCUT2D eigenvalue weighted by Crippen LogP contribution is -2.13. The molecule has 7 heteroatoms. The molecule has 0 bridgehead atoms. The molecule has 0 spiro atoms. The van der Waals surface area contributed by atoms with Crippen LogP contribution in [0.4, 0.5) is 13.2 Å². The molecular formula is C14H17F3O4. The fraction of sp³-hybridized carbons (Fsp3) is 0.500. The van der Waals surface area contributed by atoms with E-state index in [9.17, 15) is 18.0 Å². The molecule has 21 heavy (non-hydrogen) atoms. The summed E-state index contributed by atoms with van der Waals surface area (Å²) in [5.41, 5.74) is -2.02. The normalized spacial score (nSPS) is 11.4. The molecule has 0 aliphatic rings. The smallest absolute Gasteiger partial charge is 0.417 e. The van der Waals surface area contributed by atoms with E-state index in [0.29, 0.717) is 19.3 Å². The fourth-order valence-electron chi connectivity index (χ4n) is 1.60. The van der Waals surface area contributed by atoms with Crippen molar-refractivity contribution >= 4 is 5.97 Å². The first kappa shape index (κ1) is 17.3. The van der Waals surface area contributed by atoms with E-state index < -0.39 is 23.3 Å². The number of carboxylic acid groups (broad SMARTS) is 1. The van der Waals surface area contributed by atoms with Crippen LogP contribution >= 0.6 is 0 Å². The number of benzene rings is 1. The Kier molecular flexibility index (Phi) is 6.48. The lowest BCUT2D eigenvalue weighted by atomic mass is 10.1. The van der Waals surface area contributed by atoms with Crippen LogP contribution in [0.15, 0.2) is 18.2 Å². The molecule has 0 aliphatic carbocycles. The second-order valence-corrected chi connectivity index (χ2v) is 4.32. The zero-order valence-electron chi connectivity index (χ0n) is 11.6. The van der Waals surface area contributed by atoms with Gasteiger partial charge in [-0.25, -0.2) is 4.79 Å². The minimum Gasteiger partial charge on any atom is -0.491 e. The van der Waals surface area contributed by atoms with Crippen LogP contribution in [0.3, 0.4) is 0 Å². The minimum atomic E-state index is -4.71. The van der Waals surface area contributed by atoms with E-state index in [4.69, 9.17) is 14.6 Å². The van der Waals surface area contributed by atoms with Crippen molar-refractivity contribution in [2.45, 2.75) is 25.9 Å². The highest BCUT2D eigenvalue weighted by atomic mass is 19.4. The molecule has 0 heterocycles. The number of unbranched alkanes of at least 4 members (excludes halogenated alkanes) is 1. The van der Waals surface area contributed by atoms with Gasteiger partial charge in [-0.3, -0.25) is 0 Å². The highest BCUT2D eigenvalue weighted by Gasteiger charge is 2.35. The molecular weight excluding hydrogens is 289 g/mol. The van der Waals surface area contributed by atoms with Crippen molar-refractivity contribution in [3.8, 4) is 5.75 Å². The van der Waals surface area contributed by atoms with Gasteiger partial charge in [0, 0.05) is 6.61 Å². The molecule has 0 unspecified atom stereocenters. The number of carbonyl (C=O) groups is 1. The quantitative estimate of drug-likeness (QED) is 0.746. The molecule has 1 rings (SSSR count). The second kappa shape index (κ2) is 7.87. The number of hydrogen-bond acceptors (Lipinski definition) is 3. The van der Waals surface area contributed by atoms with Crippen molar-refractivity contribution in [3.05, 3.63) is 29.3 Å². The molecule has 0 radical (unpaired) electrons. The minimum absolute atomic E-state index is 0.0690. The first-order valence-corrected chi connectivity index (χ1v) is 6.51. The summed E-state index contributed by atoms with van der Waals surface area (Å²) >= 11 is 0. The molecule has 0 saturated heterocycles. The maximum absolute atomic E-state index is 12.6. The SMILES string of the molecule is CCCCOCCOc1ccc(C(F)(F)F)c(C(=O)O)c1. The van der Waals surface area contributed by atoms with Gasteiger partial charge in [-0.2, -0.15) is 13.2 Å². The number of aromatic carboxylic acids is 1. The standard InChI is InChI=1S/C14H17F3O4/c1-2-3-6-20-7-8-21-10-4-5-12(14(15,16)17)11(9-10)13(18)19/h4-5,9H,2-3,6-8H2,1H3,(H,18,19). The maximum atomic E-state index is 12.6. The number of hydrogen-bond donors (Lipinski definition) is 1. The molecule has 0 saturated carbocycles. The molecule has 0 aromatic heterocycles. The van der Waals surface area contributed by atoms with Crippen molar-refractivity contribution < 1.29 is 32.5 Å². The van der Waals surface area contributed by atoms with Crippen LogP contribution < -0.4 is 4.74 Å². The molecule has 1 aromatic carbocycles. The Morgan fingerprint density at radius 2 is 1.95 bits per heavy atom. The first-order valence-electron chi connectivity index (χ1n) is 6.51. The summed E-state index contributed by atoms with van der Waals surface area (Å²) in [6.07, 6.45) is -2.79. The number of halogens is 3. The van der Waals surface area contributed by atoms with E-state index in [1.54, 1.807) is 0 Å². The van der Waals surface area contributed by atoms with Gasteiger partial charge in [-0.05, 0) is 24.6 Å². The Hall–Kier alpha value is -1.76. The third-order valence-corrected chi connectivity index (χ3v) is 2.67. The van der Waals surface area contributed by atoms with Crippen molar-refractivity contribution in [3.63, 3.8) is 0 Å². The molecule has 0 fully saturated rings. The van der Waals surface area contributed by atoms with Gasteiger partial charge in [0.1, 0.15) is 12.4 Å². The van der Waals surface area contributed by atoms with Gasteiger partial charge in [0.15, 0.2) is 0 Å². The number of rotatable bonds is 8. The summed E-state index contributed by atoms with van der Waals surface area (Å²) in [6.45, 7) is 3.06. The fourth-order valence-corrected chi connectivity index (χ4v) is 1.60. The molecule has 0 atom stereocenters. The summed E-state index contributed by atoms with van der Waals surface area (Å²) in [7, 11) is 0. The first-order chi connectivity index (χ1) is 9.86. The average molecular weight is 306 g/mol. The predicted octanol–water partition coefficient (Wildman–Crippen LogP) is 3.60. The summed E-state index contributed by atoms with van der Waals surface area (Å²) in [4.78, 5) is 10.9. The molecule has 0 aliphatic heterocycles. The monoisotopic (exact) mass is 306 g/mol.